The van der Waals surface area contributed by atoms with Crippen LogP contribution in [0.15, 0.2) is 40.8 Å². The predicted molar refractivity (Wildman–Crippen MR) is 90.8 cm³/mol. The summed E-state index contributed by atoms with van der Waals surface area (Å²) in [5, 5.41) is 9.86. The van der Waals surface area contributed by atoms with Gasteiger partial charge in [-0.25, -0.2) is 5.01 Å². The Morgan fingerprint density at radius 2 is 2.32 bits per heavy atom. The van der Waals surface area contributed by atoms with Crippen molar-refractivity contribution in [2.45, 2.75) is 38.5 Å². The van der Waals surface area contributed by atoms with Crippen molar-refractivity contribution in [3.05, 3.63) is 51.2 Å². The lowest BCUT2D eigenvalue weighted by Crippen LogP contribution is -2.50. The second kappa shape index (κ2) is 5.00. The number of hydrazone groups is 1. The minimum Gasteiger partial charge on any atom is -0.466 e. The van der Waals surface area contributed by atoms with Gasteiger partial charge in [0.05, 0.1) is 16.6 Å². The maximum atomic E-state index is 6.27. The molecule has 0 bridgehead atoms. The minimum absolute atomic E-state index is 0.199. The Kier molecular flexibility index (Phi) is 3.20. The third kappa shape index (κ3) is 2.05. The van der Waals surface area contributed by atoms with E-state index in [9.17, 15) is 0 Å². The van der Waals surface area contributed by atoms with Crippen LogP contribution in [-0.2, 0) is 0 Å². The summed E-state index contributed by atoms with van der Waals surface area (Å²) in [5.74, 6) is 0.928. The maximum absolute atomic E-state index is 6.27. The lowest BCUT2D eigenvalue weighted by atomic mass is 9.96. The highest BCUT2D eigenvalue weighted by molar-refractivity contribution is 7.12. The first-order valence-corrected chi connectivity index (χ1v) is 8.75. The van der Waals surface area contributed by atoms with E-state index in [-0.39, 0.29) is 6.04 Å². The second-order valence-electron chi connectivity index (χ2n) is 5.90. The van der Waals surface area contributed by atoms with Crippen LogP contribution in [0.3, 0.4) is 0 Å². The van der Waals surface area contributed by atoms with Crippen LogP contribution in [0, 0.1) is 0 Å². The van der Waals surface area contributed by atoms with Crippen molar-refractivity contribution in [1.82, 2.24) is 5.01 Å². The van der Waals surface area contributed by atoms with E-state index in [0.29, 0.717) is 0 Å². The summed E-state index contributed by atoms with van der Waals surface area (Å²) in [7, 11) is 0. The third-order valence-corrected chi connectivity index (χ3v) is 5.67. The van der Waals surface area contributed by atoms with Crippen molar-refractivity contribution < 1.29 is 4.74 Å². The fourth-order valence-corrected chi connectivity index (χ4v) is 4.07. The molecule has 2 aliphatic rings. The highest BCUT2D eigenvalue weighted by Gasteiger charge is 2.46. The Labute approximate surface area is 139 Å². The van der Waals surface area contributed by atoms with Gasteiger partial charge in [-0.05, 0) is 36.6 Å². The van der Waals surface area contributed by atoms with E-state index >= 15 is 0 Å². The van der Waals surface area contributed by atoms with Crippen molar-refractivity contribution in [3.63, 3.8) is 0 Å². The molecule has 0 aliphatic carbocycles. The average Bonchev–Trinajstić information content (AvgIpc) is 3.17. The van der Waals surface area contributed by atoms with Crippen molar-refractivity contribution in [3.8, 4) is 5.75 Å². The van der Waals surface area contributed by atoms with Gasteiger partial charge in [-0.2, -0.15) is 5.10 Å². The van der Waals surface area contributed by atoms with E-state index in [2.05, 4.69) is 36.4 Å². The normalized spacial score (nSPS) is 26.2. The molecule has 0 radical (unpaired) electrons. The number of hydrogen-bond donors (Lipinski definition) is 0. The van der Waals surface area contributed by atoms with Crippen LogP contribution < -0.4 is 4.74 Å². The molecule has 2 aromatic rings. The van der Waals surface area contributed by atoms with Crippen LogP contribution >= 0.6 is 22.9 Å². The Morgan fingerprint density at radius 3 is 3.05 bits per heavy atom. The van der Waals surface area contributed by atoms with E-state index < -0.39 is 5.72 Å². The Balaban J connectivity index is 1.81. The second-order valence-corrected chi connectivity index (χ2v) is 7.29. The van der Waals surface area contributed by atoms with Gasteiger partial charge in [-0.1, -0.05) is 24.6 Å². The lowest BCUT2D eigenvalue weighted by Gasteiger charge is -2.45. The van der Waals surface area contributed by atoms with Crippen LogP contribution in [0.1, 0.15) is 43.2 Å². The SMILES string of the molecule is CC[C@]1(C)Oc2ccc(Cl)cc2[C@H]2CC(c3cccs3)=NN21. The van der Waals surface area contributed by atoms with Gasteiger partial charge in [0.15, 0.2) is 5.72 Å². The van der Waals surface area contributed by atoms with Crippen molar-refractivity contribution in [2.75, 3.05) is 0 Å². The molecular weight excluding hydrogens is 316 g/mol. The topological polar surface area (TPSA) is 24.8 Å². The van der Waals surface area contributed by atoms with Gasteiger partial charge in [0.2, 0.25) is 0 Å². The standard InChI is InChI=1S/C17H17ClN2OS/c1-3-17(2)20-14(10-13(19-20)16-5-4-8-22-16)12-9-11(18)6-7-15(12)21-17/h4-9,14H,3,10H2,1-2H3/t14-,17+/m1/s1. The molecule has 2 atom stereocenters. The molecule has 1 aromatic carbocycles. The third-order valence-electron chi connectivity index (χ3n) is 4.52. The first kappa shape index (κ1) is 14.1. The molecule has 0 saturated carbocycles. The Bertz CT molecular complexity index is 743. The van der Waals surface area contributed by atoms with Crippen LogP contribution in [0.5, 0.6) is 5.75 Å². The molecule has 5 heteroatoms. The molecule has 3 heterocycles. The number of hydrogen-bond acceptors (Lipinski definition) is 4. The van der Waals surface area contributed by atoms with Crippen molar-refractivity contribution >= 4 is 28.6 Å². The van der Waals surface area contributed by atoms with Crippen LogP contribution in [0.4, 0.5) is 0 Å². The quantitative estimate of drug-likeness (QED) is 0.766. The summed E-state index contributed by atoms with van der Waals surface area (Å²) in [5.41, 5.74) is 1.86. The number of fused-ring (bicyclic) bond motifs is 3. The minimum atomic E-state index is -0.412. The molecule has 0 saturated heterocycles. The fourth-order valence-electron chi connectivity index (χ4n) is 3.17. The smallest absolute Gasteiger partial charge is 0.195 e. The number of ether oxygens (including phenoxy) is 1. The highest BCUT2D eigenvalue weighted by atomic mass is 35.5. The molecule has 1 aromatic heterocycles. The number of thiophene rings is 1. The average molecular weight is 333 g/mol. The Morgan fingerprint density at radius 1 is 1.45 bits per heavy atom. The summed E-state index contributed by atoms with van der Waals surface area (Å²) in [6.07, 6.45) is 1.76. The Hall–Kier alpha value is -1.52. The maximum Gasteiger partial charge on any atom is 0.195 e. The van der Waals surface area contributed by atoms with E-state index in [0.717, 1.165) is 34.9 Å². The fraction of sp³-hybridized carbons (Fsp3) is 0.353. The molecule has 0 unspecified atom stereocenters. The van der Waals surface area contributed by atoms with Gasteiger partial charge < -0.3 is 4.74 Å². The van der Waals surface area contributed by atoms with Gasteiger partial charge in [0, 0.05) is 23.4 Å². The zero-order valence-corrected chi connectivity index (χ0v) is 14.1. The van der Waals surface area contributed by atoms with Crippen molar-refractivity contribution in [2.24, 2.45) is 5.10 Å². The molecule has 2 aliphatic heterocycles. The highest BCUT2D eigenvalue weighted by Crippen LogP contribution is 2.48. The van der Waals surface area contributed by atoms with Gasteiger partial charge in [0.1, 0.15) is 5.75 Å². The predicted octanol–water partition coefficient (Wildman–Crippen LogP) is 5.07. The molecule has 0 amide bonds. The molecule has 22 heavy (non-hydrogen) atoms. The zero-order valence-electron chi connectivity index (χ0n) is 12.5. The first-order chi connectivity index (χ1) is 10.6. The van der Waals surface area contributed by atoms with E-state index in [1.54, 1.807) is 11.3 Å². The van der Waals surface area contributed by atoms with Crippen molar-refractivity contribution in [1.29, 1.82) is 0 Å². The number of rotatable bonds is 2. The summed E-state index contributed by atoms with van der Waals surface area (Å²) in [6, 6.07) is 10.3. The van der Waals surface area contributed by atoms with E-state index in [1.807, 2.05) is 18.2 Å². The van der Waals surface area contributed by atoms with Gasteiger partial charge in [-0.3, -0.25) is 0 Å². The molecule has 3 nitrogen and oxygen atoms in total. The summed E-state index contributed by atoms with van der Waals surface area (Å²) >= 11 is 7.93. The molecule has 0 fully saturated rings. The van der Waals surface area contributed by atoms with Gasteiger partial charge in [0.25, 0.3) is 0 Å². The molecule has 114 valence electrons. The first-order valence-electron chi connectivity index (χ1n) is 7.50. The monoisotopic (exact) mass is 332 g/mol. The van der Waals surface area contributed by atoms with E-state index in [4.69, 9.17) is 21.4 Å². The zero-order chi connectivity index (χ0) is 15.3. The van der Waals surface area contributed by atoms with E-state index in [1.165, 1.54) is 4.88 Å². The van der Waals surface area contributed by atoms with Gasteiger partial charge in [-0.15, -0.1) is 11.3 Å². The lowest BCUT2D eigenvalue weighted by molar-refractivity contribution is -0.108. The van der Waals surface area contributed by atoms with Crippen LogP contribution in [-0.4, -0.2) is 16.4 Å². The number of benzene rings is 1. The molecule has 4 rings (SSSR count). The molecule has 0 spiro atoms. The summed E-state index contributed by atoms with van der Waals surface area (Å²) < 4.78 is 6.27. The van der Waals surface area contributed by atoms with Crippen LogP contribution in [0.25, 0.3) is 0 Å². The molecule has 0 N–H and O–H groups in total. The molecular formula is C17H17ClN2OS. The summed E-state index contributed by atoms with van der Waals surface area (Å²) in [6.45, 7) is 4.25. The summed E-state index contributed by atoms with van der Waals surface area (Å²) in [4.78, 5) is 1.23. The number of halogens is 1. The number of nitrogens with zero attached hydrogens (tertiary/aromatic N) is 2. The van der Waals surface area contributed by atoms with Gasteiger partial charge >= 0.3 is 0 Å². The largest absolute Gasteiger partial charge is 0.466 e. The van der Waals surface area contributed by atoms with Crippen LogP contribution in [0.2, 0.25) is 5.02 Å².